The summed E-state index contributed by atoms with van der Waals surface area (Å²) in [4.78, 5) is 0. The SMILES string of the molecule is CC(C)(CNCC1(CN)CC1)c1ccc(Cl)cc1. The van der Waals surface area contributed by atoms with Gasteiger partial charge in [0.1, 0.15) is 0 Å². The van der Waals surface area contributed by atoms with Gasteiger partial charge in [-0.25, -0.2) is 0 Å². The van der Waals surface area contributed by atoms with Crippen LogP contribution in [0, 0.1) is 5.41 Å². The van der Waals surface area contributed by atoms with E-state index in [1.807, 2.05) is 12.1 Å². The van der Waals surface area contributed by atoms with Crippen molar-refractivity contribution in [1.82, 2.24) is 5.32 Å². The van der Waals surface area contributed by atoms with Gasteiger partial charge in [-0.2, -0.15) is 0 Å². The van der Waals surface area contributed by atoms with Crippen LogP contribution < -0.4 is 11.1 Å². The largest absolute Gasteiger partial charge is 0.330 e. The first kappa shape index (κ1) is 13.9. The third kappa shape index (κ3) is 3.25. The zero-order valence-electron chi connectivity index (χ0n) is 11.3. The Bertz CT molecular complexity index is 393. The number of nitrogens with one attached hydrogen (secondary N) is 1. The lowest BCUT2D eigenvalue weighted by Gasteiger charge is -2.27. The van der Waals surface area contributed by atoms with Gasteiger partial charge in [-0.3, -0.25) is 0 Å². The monoisotopic (exact) mass is 266 g/mol. The molecule has 0 aliphatic heterocycles. The van der Waals surface area contributed by atoms with Crippen LogP contribution in [0.4, 0.5) is 0 Å². The molecule has 0 radical (unpaired) electrons. The van der Waals surface area contributed by atoms with Crippen LogP contribution in [0.25, 0.3) is 0 Å². The molecule has 0 saturated heterocycles. The third-order valence-electron chi connectivity index (χ3n) is 4.08. The maximum Gasteiger partial charge on any atom is 0.0406 e. The molecule has 0 atom stereocenters. The molecule has 1 aliphatic rings. The van der Waals surface area contributed by atoms with Crippen LogP contribution in [-0.2, 0) is 5.41 Å². The zero-order chi connectivity index (χ0) is 13.2. The number of rotatable bonds is 6. The predicted octanol–water partition coefficient (Wildman–Crippen LogP) is 2.95. The molecule has 1 aromatic rings. The van der Waals surface area contributed by atoms with Gasteiger partial charge in [0.25, 0.3) is 0 Å². The molecule has 3 heteroatoms. The van der Waals surface area contributed by atoms with Crippen LogP contribution in [0.2, 0.25) is 5.02 Å². The van der Waals surface area contributed by atoms with E-state index in [0.717, 1.165) is 24.7 Å². The Morgan fingerprint density at radius 1 is 1.28 bits per heavy atom. The van der Waals surface area contributed by atoms with Gasteiger partial charge in [0.2, 0.25) is 0 Å². The highest BCUT2D eigenvalue weighted by Crippen LogP contribution is 2.43. The fourth-order valence-electron chi connectivity index (χ4n) is 2.27. The summed E-state index contributed by atoms with van der Waals surface area (Å²) in [7, 11) is 0. The van der Waals surface area contributed by atoms with E-state index in [-0.39, 0.29) is 5.41 Å². The molecule has 18 heavy (non-hydrogen) atoms. The van der Waals surface area contributed by atoms with Crippen molar-refractivity contribution in [2.45, 2.75) is 32.1 Å². The third-order valence-corrected chi connectivity index (χ3v) is 4.33. The van der Waals surface area contributed by atoms with Crippen molar-refractivity contribution in [2.24, 2.45) is 11.1 Å². The highest BCUT2D eigenvalue weighted by atomic mass is 35.5. The summed E-state index contributed by atoms with van der Waals surface area (Å²) in [5.74, 6) is 0. The average Bonchev–Trinajstić information content (AvgIpc) is 3.10. The fraction of sp³-hybridized carbons (Fsp3) is 0.600. The minimum absolute atomic E-state index is 0.120. The summed E-state index contributed by atoms with van der Waals surface area (Å²) in [5.41, 5.74) is 7.63. The number of hydrogen-bond donors (Lipinski definition) is 2. The van der Waals surface area contributed by atoms with Gasteiger partial charge < -0.3 is 11.1 Å². The van der Waals surface area contributed by atoms with Gasteiger partial charge in [0, 0.05) is 23.5 Å². The summed E-state index contributed by atoms with van der Waals surface area (Å²) in [6.45, 7) is 7.33. The molecule has 3 N–H and O–H groups in total. The molecule has 1 aromatic carbocycles. The van der Waals surface area contributed by atoms with Gasteiger partial charge in [-0.15, -0.1) is 0 Å². The highest BCUT2D eigenvalue weighted by Gasteiger charge is 2.40. The van der Waals surface area contributed by atoms with Gasteiger partial charge >= 0.3 is 0 Å². The van der Waals surface area contributed by atoms with E-state index in [9.17, 15) is 0 Å². The minimum Gasteiger partial charge on any atom is -0.330 e. The summed E-state index contributed by atoms with van der Waals surface area (Å²) >= 11 is 5.92. The number of benzene rings is 1. The first-order valence-electron chi connectivity index (χ1n) is 6.64. The number of halogens is 1. The smallest absolute Gasteiger partial charge is 0.0406 e. The Balaban J connectivity index is 1.88. The standard InChI is InChI=1S/C15H23ClN2/c1-14(2,12-3-5-13(16)6-4-12)10-18-11-15(9-17)7-8-15/h3-6,18H,7-11,17H2,1-2H3. The molecule has 0 amide bonds. The molecule has 2 rings (SSSR count). The number of hydrogen-bond acceptors (Lipinski definition) is 2. The summed E-state index contributed by atoms with van der Waals surface area (Å²) in [6, 6.07) is 8.14. The van der Waals surface area contributed by atoms with Gasteiger partial charge in [0.05, 0.1) is 0 Å². The first-order chi connectivity index (χ1) is 8.47. The molecule has 1 saturated carbocycles. The Morgan fingerprint density at radius 2 is 1.89 bits per heavy atom. The van der Waals surface area contributed by atoms with Crippen LogP contribution in [-0.4, -0.2) is 19.6 Å². The molecule has 0 unspecified atom stereocenters. The second kappa shape index (κ2) is 5.20. The Hall–Kier alpha value is -0.570. The molecule has 100 valence electrons. The molecule has 0 aromatic heterocycles. The van der Waals surface area contributed by atoms with E-state index >= 15 is 0 Å². The van der Waals surface area contributed by atoms with Gasteiger partial charge in [0.15, 0.2) is 0 Å². The minimum atomic E-state index is 0.120. The zero-order valence-corrected chi connectivity index (χ0v) is 12.1. The van der Waals surface area contributed by atoms with Crippen molar-refractivity contribution in [1.29, 1.82) is 0 Å². The maximum atomic E-state index is 5.92. The molecule has 2 nitrogen and oxygen atoms in total. The molecular formula is C15H23ClN2. The van der Waals surface area contributed by atoms with E-state index < -0.39 is 0 Å². The van der Waals surface area contributed by atoms with Crippen molar-refractivity contribution in [2.75, 3.05) is 19.6 Å². The van der Waals surface area contributed by atoms with E-state index in [2.05, 4.69) is 31.3 Å². The number of nitrogens with two attached hydrogens (primary N) is 1. The first-order valence-corrected chi connectivity index (χ1v) is 7.02. The average molecular weight is 267 g/mol. The van der Waals surface area contributed by atoms with Crippen molar-refractivity contribution in [3.63, 3.8) is 0 Å². The molecule has 0 bridgehead atoms. The van der Waals surface area contributed by atoms with Crippen molar-refractivity contribution >= 4 is 11.6 Å². The molecule has 1 fully saturated rings. The molecule has 1 aliphatic carbocycles. The Kier molecular flexibility index (Phi) is 4.00. The van der Waals surface area contributed by atoms with Crippen LogP contribution in [0.5, 0.6) is 0 Å². The van der Waals surface area contributed by atoms with Crippen LogP contribution in [0.3, 0.4) is 0 Å². The lowest BCUT2D eigenvalue weighted by Crippen LogP contribution is -2.38. The van der Waals surface area contributed by atoms with E-state index in [1.54, 1.807) is 0 Å². The molecule has 0 heterocycles. The van der Waals surface area contributed by atoms with Gasteiger partial charge in [-0.05, 0) is 42.5 Å². The normalized spacial score (nSPS) is 17.8. The van der Waals surface area contributed by atoms with Crippen LogP contribution in [0.1, 0.15) is 32.3 Å². The lowest BCUT2D eigenvalue weighted by atomic mass is 9.84. The topological polar surface area (TPSA) is 38.0 Å². The Labute approximate surface area is 115 Å². The fourth-order valence-corrected chi connectivity index (χ4v) is 2.40. The quantitative estimate of drug-likeness (QED) is 0.831. The second-order valence-electron chi connectivity index (χ2n) is 6.20. The van der Waals surface area contributed by atoms with E-state index in [4.69, 9.17) is 17.3 Å². The van der Waals surface area contributed by atoms with E-state index in [0.29, 0.717) is 5.41 Å². The highest BCUT2D eigenvalue weighted by molar-refractivity contribution is 6.30. The Morgan fingerprint density at radius 3 is 2.39 bits per heavy atom. The molecular weight excluding hydrogens is 244 g/mol. The van der Waals surface area contributed by atoms with Crippen molar-refractivity contribution in [3.05, 3.63) is 34.9 Å². The van der Waals surface area contributed by atoms with Crippen LogP contribution in [0.15, 0.2) is 24.3 Å². The molecule has 0 spiro atoms. The van der Waals surface area contributed by atoms with E-state index in [1.165, 1.54) is 18.4 Å². The summed E-state index contributed by atoms with van der Waals surface area (Å²) < 4.78 is 0. The maximum absolute atomic E-state index is 5.92. The van der Waals surface area contributed by atoms with Crippen molar-refractivity contribution < 1.29 is 0 Å². The second-order valence-corrected chi connectivity index (χ2v) is 6.63. The van der Waals surface area contributed by atoms with Gasteiger partial charge in [-0.1, -0.05) is 37.6 Å². The van der Waals surface area contributed by atoms with Crippen molar-refractivity contribution in [3.8, 4) is 0 Å². The predicted molar refractivity (Wildman–Crippen MR) is 78.1 cm³/mol. The lowest BCUT2D eigenvalue weighted by molar-refractivity contribution is 0.410. The summed E-state index contributed by atoms with van der Waals surface area (Å²) in [6.07, 6.45) is 2.55. The van der Waals surface area contributed by atoms with Crippen LogP contribution >= 0.6 is 11.6 Å². The summed E-state index contributed by atoms with van der Waals surface area (Å²) in [5, 5.41) is 4.37.